The molecule has 8 heteroatoms. The zero-order chi connectivity index (χ0) is 18.1. The molecule has 8 nitrogen and oxygen atoms in total. The van der Waals surface area contributed by atoms with Crippen LogP contribution in [0.15, 0.2) is 24.3 Å². The van der Waals surface area contributed by atoms with Gasteiger partial charge in [-0.2, -0.15) is 0 Å². The fourth-order valence-corrected chi connectivity index (χ4v) is 2.08. The Morgan fingerprint density at radius 2 is 1.96 bits per heavy atom. The number of carboxylic acid groups (broad SMARTS) is 1. The van der Waals surface area contributed by atoms with Crippen molar-refractivity contribution in [1.82, 2.24) is 10.2 Å². The van der Waals surface area contributed by atoms with Crippen LogP contribution in [0.3, 0.4) is 0 Å². The standard InChI is InChI=1S/C16H23N3O5/c1-11(16(22)23)19(9-8-17-12(2)20)15(21)10-18-13-6-4-5-7-14(13)24-3/h4-7,11,18H,8-10H2,1-3H3,(H,17,20)(H,22,23). The van der Waals surface area contributed by atoms with Gasteiger partial charge in [0.1, 0.15) is 11.8 Å². The van der Waals surface area contributed by atoms with Gasteiger partial charge in [-0.05, 0) is 19.1 Å². The number of carbonyl (C=O) groups excluding carboxylic acids is 2. The Bertz CT molecular complexity index is 591. The van der Waals surface area contributed by atoms with Gasteiger partial charge in [0.25, 0.3) is 0 Å². The maximum atomic E-state index is 12.4. The highest BCUT2D eigenvalue weighted by Crippen LogP contribution is 2.22. The van der Waals surface area contributed by atoms with Crippen LogP contribution in [0.5, 0.6) is 5.75 Å². The third kappa shape index (κ3) is 5.79. The summed E-state index contributed by atoms with van der Waals surface area (Å²) in [5.41, 5.74) is 0.637. The third-order valence-electron chi connectivity index (χ3n) is 3.41. The molecule has 0 spiro atoms. The number of carbonyl (C=O) groups is 3. The first-order valence-corrected chi connectivity index (χ1v) is 7.50. The van der Waals surface area contributed by atoms with Crippen molar-refractivity contribution >= 4 is 23.5 Å². The van der Waals surface area contributed by atoms with Gasteiger partial charge < -0.3 is 25.4 Å². The van der Waals surface area contributed by atoms with Crippen LogP contribution < -0.4 is 15.4 Å². The number of aliphatic carboxylic acids is 1. The molecule has 0 saturated heterocycles. The van der Waals surface area contributed by atoms with Gasteiger partial charge in [-0.3, -0.25) is 9.59 Å². The Balaban J connectivity index is 2.72. The van der Waals surface area contributed by atoms with Crippen molar-refractivity contribution in [2.75, 3.05) is 32.1 Å². The molecule has 0 radical (unpaired) electrons. The summed E-state index contributed by atoms with van der Waals surface area (Å²) in [6.07, 6.45) is 0. The molecule has 0 aliphatic heterocycles. The number of nitrogens with zero attached hydrogens (tertiary/aromatic N) is 1. The van der Waals surface area contributed by atoms with Gasteiger partial charge in [0.05, 0.1) is 19.3 Å². The van der Waals surface area contributed by atoms with E-state index < -0.39 is 12.0 Å². The molecule has 0 fully saturated rings. The van der Waals surface area contributed by atoms with Crippen molar-refractivity contribution < 1.29 is 24.2 Å². The van der Waals surface area contributed by atoms with Crippen molar-refractivity contribution in [2.24, 2.45) is 0 Å². The van der Waals surface area contributed by atoms with E-state index in [9.17, 15) is 14.4 Å². The second kappa shape index (κ2) is 9.39. The first kappa shape index (κ1) is 19.3. The Morgan fingerprint density at radius 1 is 1.29 bits per heavy atom. The number of para-hydroxylation sites is 2. The highest BCUT2D eigenvalue weighted by molar-refractivity contribution is 5.86. The molecule has 0 saturated carbocycles. The summed E-state index contributed by atoms with van der Waals surface area (Å²) in [4.78, 5) is 35.7. The van der Waals surface area contributed by atoms with Crippen LogP contribution in [0.4, 0.5) is 5.69 Å². The molecule has 2 amide bonds. The van der Waals surface area contributed by atoms with Crippen molar-refractivity contribution in [3.05, 3.63) is 24.3 Å². The normalized spacial score (nSPS) is 11.3. The van der Waals surface area contributed by atoms with E-state index in [0.717, 1.165) is 0 Å². The lowest BCUT2D eigenvalue weighted by Crippen LogP contribution is -2.48. The molecule has 0 aliphatic carbocycles. The highest BCUT2D eigenvalue weighted by Gasteiger charge is 2.25. The van der Waals surface area contributed by atoms with E-state index in [-0.39, 0.29) is 31.4 Å². The number of amides is 2. The topological polar surface area (TPSA) is 108 Å². The van der Waals surface area contributed by atoms with Crippen molar-refractivity contribution in [2.45, 2.75) is 19.9 Å². The minimum atomic E-state index is -1.11. The summed E-state index contributed by atoms with van der Waals surface area (Å²) in [5, 5.41) is 14.6. The van der Waals surface area contributed by atoms with Gasteiger partial charge >= 0.3 is 5.97 Å². The molecular formula is C16H23N3O5. The first-order chi connectivity index (χ1) is 11.4. The quantitative estimate of drug-likeness (QED) is 0.607. The predicted molar refractivity (Wildman–Crippen MR) is 89.0 cm³/mol. The van der Waals surface area contributed by atoms with Gasteiger partial charge in [0.2, 0.25) is 11.8 Å². The van der Waals surface area contributed by atoms with Gasteiger partial charge in [-0.15, -0.1) is 0 Å². The SMILES string of the molecule is COc1ccccc1NCC(=O)N(CCNC(C)=O)C(C)C(=O)O. The Morgan fingerprint density at radius 3 is 2.54 bits per heavy atom. The van der Waals surface area contributed by atoms with Crippen LogP contribution in [-0.2, 0) is 14.4 Å². The van der Waals surface area contributed by atoms with Gasteiger partial charge in [-0.1, -0.05) is 12.1 Å². The van der Waals surface area contributed by atoms with Crippen LogP contribution in [0.2, 0.25) is 0 Å². The number of hydrogen-bond acceptors (Lipinski definition) is 5. The van der Waals surface area contributed by atoms with E-state index in [1.54, 1.807) is 24.3 Å². The summed E-state index contributed by atoms with van der Waals surface area (Å²) in [7, 11) is 1.52. The zero-order valence-corrected chi connectivity index (χ0v) is 14.0. The largest absolute Gasteiger partial charge is 0.495 e. The maximum absolute atomic E-state index is 12.4. The van der Waals surface area contributed by atoms with E-state index >= 15 is 0 Å². The third-order valence-corrected chi connectivity index (χ3v) is 3.41. The van der Waals surface area contributed by atoms with E-state index in [1.165, 1.54) is 25.9 Å². The molecule has 1 unspecified atom stereocenters. The predicted octanol–water partition coefficient (Wildman–Crippen LogP) is 0.545. The smallest absolute Gasteiger partial charge is 0.326 e. The molecule has 1 rings (SSSR count). The van der Waals surface area contributed by atoms with Crippen LogP contribution in [0, 0.1) is 0 Å². The van der Waals surface area contributed by atoms with Crippen LogP contribution in [0.1, 0.15) is 13.8 Å². The number of anilines is 1. The lowest BCUT2D eigenvalue weighted by molar-refractivity contribution is -0.148. The molecule has 3 N–H and O–H groups in total. The molecule has 0 aromatic heterocycles. The maximum Gasteiger partial charge on any atom is 0.326 e. The molecular weight excluding hydrogens is 314 g/mol. The van der Waals surface area contributed by atoms with Gasteiger partial charge in [0, 0.05) is 20.0 Å². The van der Waals surface area contributed by atoms with Crippen LogP contribution >= 0.6 is 0 Å². The van der Waals surface area contributed by atoms with E-state index in [4.69, 9.17) is 9.84 Å². The second-order valence-corrected chi connectivity index (χ2v) is 5.14. The monoisotopic (exact) mass is 337 g/mol. The number of rotatable bonds is 9. The zero-order valence-electron chi connectivity index (χ0n) is 14.0. The number of methoxy groups -OCH3 is 1. The minimum absolute atomic E-state index is 0.0853. The number of hydrogen-bond donors (Lipinski definition) is 3. The van der Waals surface area contributed by atoms with Gasteiger partial charge in [0.15, 0.2) is 0 Å². The second-order valence-electron chi connectivity index (χ2n) is 5.14. The summed E-state index contributed by atoms with van der Waals surface area (Å²) < 4.78 is 5.19. The van der Waals surface area contributed by atoms with E-state index in [0.29, 0.717) is 11.4 Å². The number of benzene rings is 1. The average Bonchev–Trinajstić information content (AvgIpc) is 2.55. The summed E-state index contributed by atoms with van der Waals surface area (Å²) in [6.45, 7) is 3.00. The Hall–Kier alpha value is -2.77. The molecule has 1 aromatic rings. The fourth-order valence-electron chi connectivity index (χ4n) is 2.08. The molecule has 1 atom stereocenters. The van der Waals surface area contributed by atoms with Crippen LogP contribution in [-0.4, -0.2) is 60.6 Å². The van der Waals surface area contributed by atoms with Gasteiger partial charge in [-0.25, -0.2) is 4.79 Å². The fraction of sp³-hybridized carbons (Fsp3) is 0.438. The van der Waals surface area contributed by atoms with Crippen molar-refractivity contribution in [3.63, 3.8) is 0 Å². The lowest BCUT2D eigenvalue weighted by atomic mass is 10.2. The minimum Gasteiger partial charge on any atom is -0.495 e. The van der Waals surface area contributed by atoms with Crippen LogP contribution in [0.25, 0.3) is 0 Å². The lowest BCUT2D eigenvalue weighted by Gasteiger charge is -2.27. The molecule has 132 valence electrons. The Kier molecular flexibility index (Phi) is 7.54. The molecule has 24 heavy (non-hydrogen) atoms. The number of carboxylic acids is 1. The molecule has 0 heterocycles. The molecule has 0 aliphatic rings. The number of ether oxygens (including phenoxy) is 1. The Labute approximate surface area is 140 Å². The van der Waals surface area contributed by atoms with E-state index in [2.05, 4.69) is 10.6 Å². The first-order valence-electron chi connectivity index (χ1n) is 7.50. The highest BCUT2D eigenvalue weighted by atomic mass is 16.5. The summed E-state index contributed by atoms with van der Waals surface area (Å²) >= 11 is 0. The van der Waals surface area contributed by atoms with Crippen molar-refractivity contribution in [1.29, 1.82) is 0 Å². The average molecular weight is 337 g/mol. The van der Waals surface area contributed by atoms with E-state index in [1.807, 2.05) is 0 Å². The molecule has 1 aromatic carbocycles. The summed E-state index contributed by atoms with van der Waals surface area (Å²) in [5.74, 6) is -1.15. The summed E-state index contributed by atoms with van der Waals surface area (Å²) in [6, 6.07) is 6.11. The molecule has 0 bridgehead atoms. The van der Waals surface area contributed by atoms with Crippen molar-refractivity contribution in [3.8, 4) is 5.75 Å². The number of nitrogens with one attached hydrogen (secondary N) is 2.